The third-order valence-corrected chi connectivity index (χ3v) is 3.13. The third kappa shape index (κ3) is 1.48. The quantitative estimate of drug-likeness (QED) is 0.517. The maximum Gasteiger partial charge on any atom is 0.102 e. The molecule has 4 heteroatoms. The van der Waals surface area contributed by atoms with Crippen molar-refractivity contribution in [3.8, 4) is 0 Å². The Labute approximate surface area is 77.9 Å². The van der Waals surface area contributed by atoms with E-state index in [9.17, 15) is 0 Å². The van der Waals surface area contributed by atoms with Crippen molar-refractivity contribution >= 4 is 0 Å². The van der Waals surface area contributed by atoms with Crippen molar-refractivity contribution in [1.82, 2.24) is 5.32 Å². The van der Waals surface area contributed by atoms with Crippen LogP contribution in [0.2, 0.25) is 0 Å². The Morgan fingerprint density at radius 1 is 1.54 bits per heavy atom. The number of nitrogens with one attached hydrogen (secondary N) is 1. The maximum absolute atomic E-state index is 9.11. The summed E-state index contributed by atoms with van der Waals surface area (Å²) in [5.74, 6) is 0. The second-order valence-electron chi connectivity index (χ2n) is 4.54. The van der Waals surface area contributed by atoms with Gasteiger partial charge >= 0.3 is 0 Å². The average molecular weight is 187 g/mol. The van der Waals surface area contributed by atoms with Crippen molar-refractivity contribution in [1.29, 1.82) is 0 Å². The van der Waals surface area contributed by atoms with Crippen LogP contribution in [-0.2, 0) is 4.74 Å². The van der Waals surface area contributed by atoms with Crippen molar-refractivity contribution < 1.29 is 14.9 Å². The molecule has 2 bridgehead atoms. The predicted molar refractivity (Wildman–Crippen MR) is 47.1 cm³/mol. The van der Waals surface area contributed by atoms with E-state index >= 15 is 0 Å². The zero-order valence-electron chi connectivity index (χ0n) is 7.92. The summed E-state index contributed by atoms with van der Waals surface area (Å²) in [5, 5.41) is 21.1. The van der Waals surface area contributed by atoms with Gasteiger partial charge in [0, 0.05) is 12.0 Å². The van der Waals surface area contributed by atoms with Crippen LogP contribution in [0.4, 0.5) is 0 Å². The monoisotopic (exact) mass is 187 g/mol. The van der Waals surface area contributed by atoms with Crippen LogP contribution in [0.3, 0.4) is 0 Å². The van der Waals surface area contributed by atoms with Gasteiger partial charge in [0.25, 0.3) is 0 Å². The summed E-state index contributed by atoms with van der Waals surface area (Å²) < 4.78 is 5.63. The van der Waals surface area contributed by atoms with E-state index in [-0.39, 0.29) is 17.6 Å². The highest BCUT2D eigenvalue weighted by Crippen LogP contribution is 2.57. The van der Waals surface area contributed by atoms with Gasteiger partial charge in [-0.15, -0.1) is 0 Å². The molecule has 2 aliphatic heterocycles. The molecular weight excluding hydrogens is 170 g/mol. The Morgan fingerprint density at radius 3 is 2.69 bits per heavy atom. The van der Waals surface area contributed by atoms with E-state index in [2.05, 4.69) is 5.32 Å². The Balaban J connectivity index is 1.84. The van der Waals surface area contributed by atoms with Crippen LogP contribution in [0, 0.1) is 5.41 Å². The third-order valence-electron chi connectivity index (χ3n) is 3.13. The highest BCUT2D eigenvalue weighted by Gasteiger charge is 2.61. The van der Waals surface area contributed by atoms with E-state index < -0.39 is 6.23 Å². The molecule has 0 spiro atoms. The van der Waals surface area contributed by atoms with Crippen molar-refractivity contribution in [2.45, 2.75) is 31.6 Å². The van der Waals surface area contributed by atoms with Crippen molar-refractivity contribution in [3.05, 3.63) is 0 Å². The predicted octanol–water partition coefficient (Wildman–Crippen LogP) is -0.544. The Bertz CT molecular complexity index is 199. The molecule has 3 fully saturated rings. The van der Waals surface area contributed by atoms with Gasteiger partial charge < -0.3 is 14.9 Å². The molecule has 3 aliphatic rings. The van der Waals surface area contributed by atoms with Gasteiger partial charge in [0.15, 0.2) is 0 Å². The molecular formula is C9H17NO3. The molecule has 2 heterocycles. The van der Waals surface area contributed by atoms with Crippen molar-refractivity contribution in [2.24, 2.45) is 5.41 Å². The van der Waals surface area contributed by atoms with Crippen LogP contribution in [-0.4, -0.2) is 41.8 Å². The molecule has 1 atom stereocenters. The lowest BCUT2D eigenvalue weighted by Gasteiger charge is -2.43. The molecule has 0 aromatic rings. The van der Waals surface area contributed by atoms with Gasteiger partial charge in [0.05, 0.1) is 18.8 Å². The number of rotatable bonds is 4. The first-order chi connectivity index (χ1) is 6.10. The molecule has 13 heavy (non-hydrogen) atoms. The molecule has 3 rings (SSSR count). The van der Waals surface area contributed by atoms with Crippen LogP contribution in [0.5, 0.6) is 0 Å². The van der Waals surface area contributed by atoms with Crippen molar-refractivity contribution in [3.63, 3.8) is 0 Å². The second-order valence-corrected chi connectivity index (χ2v) is 4.54. The van der Waals surface area contributed by atoms with Gasteiger partial charge in [-0.25, -0.2) is 0 Å². The number of aliphatic hydroxyl groups is 2. The van der Waals surface area contributed by atoms with Gasteiger partial charge in [0.1, 0.15) is 6.23 Å². The smallest absolute Gasteiger partial charge is 0.102 e. The molecule has 0 aromatic heterocycles. The molecule has 3 N–H and O–H groups in total. The fraction of sp³-hybridized carbons (Fsp3) is 1.00. The largest absolute Gasteiger partial charge is 0.396 e. The molecule has 1 unspecified atom stereocenters. The topological polar surface area (TPSA) is 61.7 Å². The Hall–Kier alpha value is -0.160. The fourth-order valence-electron chi connectivity index (χ4n) is 2.49. The summed E-state index contributed by atoms with van der Waals surface area (Å²) in [5.41, 5.74) is -0.0555. The van der Waals surface area contributed by atoms with Gasteiger partial charge in [-0.05, 0) is 19.8 Å². The number of hydrogen-bond acceptors (Lipinski definition) is 4. The van der Waals surface area contributed by atoms with Crippen LogP contribution < -0.4 is 5.32 Å². The summed E-state index contributed by atoms with van der Waals surface area (Å²) in [4.78, 5) is 0. The van der Waals surface area contributed by atoms with Gasteiger partial charge in [-0.3, -0.25) is 5.32 Å². The minimum Gasteiger partial charge on any atom is -0.396 e. The molecule has 1 saturated carbocycles. The highest BCUT2D eigenvalue weighted by molar-refractivity contribution is 5.11. The average Bonchev–Trinajstić information content (AvgIpc) is 2.55. The highest BCUT2D eigenvalue weighted by atomic mass is 16.5. The molecule has 0 radical (unpaired) electrons. The fourth-order valence-corrected chi connectivity index (χ4v) is 2.49. The maximum atomic E-state index is 9.11. The summed E-state index contributed by atoms with van der Waals surface area (Å²) in [6, 6.07) is 0. The van der Waals surface area contributed by atoms with E-state index in [0.29, 0.717) is 13.2 Å². The Kier molecular flexibility index (Phi) is 2.11. The summed E-state index contributed by atoms with van der Waals surface area (Å²) in [7, 11) is 0. The normalized spacial score (nSPS) is 44.5. The Morgan fingerprint density at radius 2 is 2.23 bits per heavy atom. The van der Waals surface area contributed by atoms with Crippen LogP contribution in [0.25, 0.3) is 0 Å². The summed E-state index contributed by atoms with van der Waals surface area (Å²) in [6.07, 6.45) is 1.37. The molecule has 0 amide bonds. The first-order valence-electron chi connectivity index (χ1n) is 4.76. The van der Waals surface area contributed by atoms with E-state index in [0.717, 1.165) is 12.8 Å². The molecule has 76 valence electrons. The lowest BCUT2D eigenvalue weighted by atomic mass is 9.63. The standard InChI is InChI=1S/C9H17NO3/c1-7(12)10-4-9-2-8(3-9,5-11)6-13-9/h7,10-12H,2-6H2,1H3. The SMILES string of the molecule is CC(O)NCC12CC(CO)(CO1)C2. The zero-order valence-corrected chi connectivity index (χ0v) is 7.92. The van der Waals surface area contributed by atoms with Gasteiger partial charge in [-0.1, -0.05) is 0 Å². The molecule has 1 aliphatic carbocycles. The number of ether oxygens (including phenoxy) is 1. The number of fused-ring (bicyclic) bond motifs is 1. The number of hydrogen-bond donors (Lipinski definition) is 3. The molecule has 2 saturated heterocycles. The van der Waals surface area contributed by atoms with Gasteiger partial charge in [-0.2, -0.15) is 0 Å². The van der Waals surface area contributed by atoms with Crippen LogP contribution >= 0.6 is 0 Å². The lowest BCUT2D eigenvalue weighted by Crippen LogP contribution is -2.53. The lowest BCUT2D eigenvalue weighted by molar-refractivity contribution is -0.0356. The first-order valence-corrected chi connectivity index (χ1v) is 4.76. The van der Waals surface area contributed by atoms with Gasteiger partial charge in [0.2, 0.25) is 0 Å². The van der Waals surface area contributed by atoms with E-state index in [1.807, 2.05) is 0 Å². The van der Waals surface area contributed by atoms with E-state index in [1.54, 1.807) is 6.92 Å². The molecule has 4 nitrogen and oxygen atoms in total. The minimum atomic E-state index is -0.484. The second kappa shape index (κ2) is 2.92. The number of aliphatic hydroxyl groups excluding tert-OH is 2. The summed E-state index contributed by atoms with van der Waals surface area (Å²) >= 11 is 0. The van der Waals surface area contributed by atoms with E-state index in [4.69, 9.17) is 14.9 Å². The zero-order chi connectivity index (χ0) is 9.53. The van der Waals surface area contributed by atoms with Crippen LogP contribution in [0.1, 0.15) is 19.8 Å². The van der Waals surface area contributed by atoms with E-state index in [1.165, 1.54) is 0 Å². The molecule has 0 aromatic carbocycles. The summed E-state index contributed by atoms with van der Waals surface area (Å²) in [6.45, 7) is 3.28. The van der Waals surface area contributed by atoms with Crippen molar-refractivity contribution in [2.75, 3.05) is 19.8 Å². The minimum absolute atomic E-state index is 0.0420. The van der Waals surface area contributed by atoms with Crippen LogP contribution in [0.15, 0.2) is 0 Å². The first kappa shape index (κ1) is 9.40.